The molecule has 0 spiro atoms. The number of rotatable bonds is 5. The van der Waals surface area contributed by atoms with Gasteiger partial charge in [0.25, 0.3) is 5.91 Å². The highest BCUT2D eigenvalue weighted by molar-refractivity contribution is 5.98. The number of aromatic nitrogens is 4. The van der Waals surface area contributed by atoms with E-state index in [1.165, 1.54) is 12.3 Å². The van der Waals surface area contributed by atoms with Gasteiger partial charge in [-0.1, -0.05) is 18.2 Å². The number of benzene rings is 1. The van der Waals surface area contributed by atoms with E-state index >= 15 is 0 Å². The Kier molecular flexibility index (Phi) is 4.21. The van der Waals surface area contributed by atoms with Gasteiger partial charge in [-0.15, -0.1) is 0 Å². The molecule has 27 heavy (non-hydrogen) atoms. The van der Waals surface area contributed by atoms with Gasteiger partial charge in [0.1, 0.15) is 11.6 Å². The first kappa shape index (κ1) is 16.6. The molecule has 0 fully saturated rings. The number of anilines is 2. The molecule has 0 aliphatic heterocycles. The van der Waals surface area contributed by atoms with Crippen molar-refractivity contribution in [2.75, 3.05) is 5.32 Å². The van der Waals surface area contributed by atoms with Gasteiger partial charge in [0.2, 0.25) is 0 Å². The van der Waals surface area contributed by atoms with Crippen LogP contribution in [0.25, 0.3) is 10.9 Å². The van der Waals surface area contributed by atoms with Gasteiger partial charge < -0.3 is 11.1 Å². The summed E-state index contributed by atoms with van der Waals surface area (Å²) >= 11 is 0. The summed E-state index contributed by atoms with van der Waals surface area (Å²) in [6.07, 6.45) is 6.28. The van der Waals surface area contributed by atoms with Crippen LogP contribution in [0.5, 0.6) is 0 Å². The predicted octanol–water partition coefficient (Wildman–Crippen LogP) is 2.86. The standard InChI is InChI=1S/C19H15FN6O/c20-15-4-2-1-3-12(15)11-26-17-7-18(23-8-13(17)9-24-26)25-16-5-6-22-10-14(16)19(21)27/h1-10H,11H2,(H2,21,27)(H,22,23,25). The van der Waals surface area contributed by atoms with Gasteiger partial charge >= 0.3 is 0 Å². The summed E-state index contributed by atoms with van der Waals surface area (Å²) < 4.78 is 15.6. The fourth-order valence-corrected chi connectivity index (χ4v) is 2.79. The molecule has 0 unspecified atom stereocenters. The molecule has 0 saturated carbocycles. The molecule has 3 N–H and O–H groups in total. The van der Waals surface area contributed by atoms with Crippen LogP contribution in [-0.2, 0) is 6.54 Å². The lowest BCUT2D eigenvalue weighted by Gasteiger charge is -2.10. The number of nitrogens with two attached hydrogens (primary N) is 1. The van der Waals surface area contributed by atoms with Gasteiger partial charge in [-0.25, -0.2) is 9.37 Å². The van der Waals surface area contributed by atoms with E-state index in [1.807, 2.05) is 0 Å². The molecule has 3 heterocycles. The monoisotopic (exact) mass is 362 g/mol. The summed E-state index contributed by atoms with van der Waals surface area (Å²) in [7, 11) is 0. The van der Waals surface area contributed by atoms with Crippen molar-refractivity contribution >= 4 is 28.3 Å². The maximum absolute atomic E-state index is 14.0. The number of nitrogens with one attached hydrogen (secondary N) is 1. The van der Waals surface area contributed by atoms with Crippen LogP contribution < -0.4 is 11.1 Å². The summed E-state index contributed by atoms with van der Waals surface area (Å²) in [4.78, 5) is 19.8. The zero-order valence-electron chi connectivity index (χ0n) is 14.1. The van der Waals surface area contributed by atoms with Crippen LogP contribution in [0.1, 0.15) is 15.9 Å². The third kappa shape index (κ3) is 3.32. The smallest absolute Gasteiger partial charge is 0.252 e. The SMILES string of the molecule is NC(=O)c1cnccc1Nc1cc2c(cn1)cnn2Cc1ccccc1F. The zero-order valence-corrected chi connectivity index (χ0v) is 14.1. The number of fused-ring (bicyclic) bond motifs is 1. The Morgan fingerprint density at radius 1 is 1.19 bits per heavy atom. The molecule has 0 atom stereocenters. The topological polar surface area (TPSA) is 98.7 Å². The second kappa shape index (κ2) is 6.83. The second-order valence-electron chi connectivity index (χ2n) is 5.93. The molecular formula is C19H15FN6O. The van der Waals surface area contributed by atoms with Crippen molar-refractivity contribution in [2.45, 2.75) is 6.54 Å². The number of amides is 1. The molecular weight excluding hydrogens is 347 g/mol. The Bertz CT molecular complexity index is 1140. The van der Waals surface area contributed by atoms with E-state index in [-0.39, 0.29) is 11.4 Å². The zero-order chi connectivity index (χ0) is 18.8. The fraction of sp³-hybridized carbons (Fsp3) is 0.0526. The molecule has 3 aromatic heterocycles. The van der Waals surface area contributed by atoms with E-state index in [2.05, 4.69) is 20.4 Å². The second-order valence-corrected chi connectivity index (χ2v) is 5.93. The summed E-state index contributed by atoms with van der Waals surface area (Å²) in [6.45, 7) is 0.293. The highest BCUT2D eigenvalue weighted by Crippen LogP contribution is 2.22. The van der Waals surface area contributed by atoms with Crippen LogP contribution in [0, 0.1) is 5.82 Å². The number of halogens is 1. The maximum Gasteiger partial charge on any atom is 0.252 e. The number of carbonyl (C=O) groups is 1. The van der Waals surface area contributed by atoms with E-state index in [0.29, 0.717) is 23.6 Å². The molecule has 4 rings (SSSR count). The Morgan fingerprint density at radius 2 is 2.04 bits per heavy atom. The maximum atomic E-state index is 14.0. The summed E-state index contributed by atoms with van der Waals surface area (Å²) in [5.41, 5.74) is 7.47. The summed E-state index contributed by atoms with van der Waals surface area (Å²) in [5, 5.41) is 8.22. The average molecular weight is 362 g/mol. The van der Waals surface area contributed by atoms with E-state index in [0.717, 1.165) is 10.9 Å². The molecule has 0 radical (unpaired) electrons. The molecule has 8 heteroatoms. The largest absolute Gasteiger partial charge is 0.365 e. The van der Waals surface area contributed by atoms with E-state index in [9.17, 15) is 9.18 Å². The van der Waals surface area contributed by atoms with Crippen molar-refractivity contribution in [3.63, 3.8) is 0 Å². The van der Waals surface area contributed by atoms with Crippen LogP contribution in [0.2, 0.25) is 0 Å². The minimum Gasteiger partial charge on any atom is -0.365 e. The lowest BCUT2D eigenvalue weighted by Crippen LogP contribution is -2.13. The van der Waals surface area contributed by atoms with Gasteiger partial charge in [-0.05, 0) is 12.1 Å². The lowest BCUT2D eigenvalue weighted by molar-refractivity contribution is 0.100. The van der Waals surface area contributed by atoms with Crippen molar-refractivity contribution in [2.24, 2.45) is 5.73 Å². The van der Waals surface area contributed by atoms with Crippen LogP contribution >= 0.6 is 0 Å². The Labute approximate surface area is 153 Å². The van der Waals surface area contributed by atoms with Crippen molar-refractivity contribution in [1.29, 1.82) is 0 Å². The van der Waals surface area contributed by atoms with Gasteiger partial charge in [0.15, 0.2) is 0 Å². The van der Waals surface area contributed by atoms with Crippen molar-refractivity contribution in [3.05, 3.63) is 78.1 Å². The first-order chi connectivity index (χ1) is 13.1. The minimum atomic E-state index is -0.587. The molecule has 134 valence electrons. The van der Waals surface area contributed by atoms with Gasteiger partial charge in [0, 0.05) is 35.6 Å². The number of primary amides is 1. The Balaban J connectivity index is 1.68. The fourth-order valence-electron chi connectivity index (χ4n) is 2.79. The van der Waals surface area contributed by atoms with E-state index in [1.54, 1.807) is 53.6 Å². The quantitative estimate of drug-likeness (QED) is 0.569. The molecule has 1 aromatic carbocycles. The van der Waals surface area contributed by atoms with Crippen LogP contribution in [0.4, 0.5) is 15.9 Å². The van der Waals surface area contributed by atoms with Gasteiger partial charge in [-0.2, -0.15) is 5.10 Å². The highest BCUT2D eigenvalue weighted by atomic mass is 19.1. The van der Waals surface area contributed by atoms with E-state index < -0.39 is 5.91 Å². The molecule has 4 aromatic rings. The number of hydrogen-bond acceptors (Lipinski definition) is 5. The molecule has 0 saturated heterocycles. The molecule has 0 aliphatic carbocycles. The third-order valence-electron chi connectivity index (χ3n) is 4.15. The molecule has 0 bridgehead atoms. The van der Waals surface area contributed by atoms with Gasteiger partial charge in [-0.3, -0.25) is 14.5 Å². The molecule has 1 amide bonds. The van der Waals surface area contributed by atoms with E-state index in [4.69, 9.17) is 5.73 Å². The first-order valence-corrected chi connectivity index (χ1v) is 8.17. The van der Waals surface area contributed by atoms with Crippen LogP contribution in [-0.4, -0.2) is 25.7 Å². The van der Waals surface area contributed by atoms with Crippen LogP contribution in [0.15, 0.2) is 61.2 Å². The number of pyridine rings is 2. The minimum absolute atomic E-state index is 0.263. The lowest BCUT2D eigenvalue weighted by atomic mass is 10.2. The van der Waals surface area contributed by atoms with Crippen molar-refractivity contribution in [3.8, 4) is 0 Å². The normalized spacial score (nSPS) is 10.9. The van der Waals surface area contributed by atoms with Crippen molar-refractivity contribution < 1.29 is 9.18 Å². The first-order valence-electron chi connectivity index (χ1n) is 8.17. The Hall–Kier alpha value is -3.81. The molecule has 0 aliphatic rings. The number of nitrogens with zero attached hydrogens (tertiary/aromatic N) is 4. The van der Waals surface area contributed by atoms with Crippen molar-refractivity contribution in [1.82, 2.24) is 19.7 Å². The Morgan fingerprint density at radius 3 is 2.85 bits per heavy atom. The number of hydrogen-bond donors (Lipinski definition) is 2. The third-order valence-corrected chi connectivity index (χ3v) is 4.15. The summed E-state index contributed by atoms with van der Waals surface area (Å²) in [6, 6.07) is 10.0. The summed E-state index contributed by atoms with van der Waals surface area (Å²) in [5.74, 6) is -0.362. The van der Waals surface area contributed by atoms with Crippen LogP contribution in [0.3, 0.4) is 0 Å². The average Bonchev–Trinajstić information content (AvgIpc) is 3.06. The predicted molar refractivity (Wildman–Crippen MR) is 99.1 cm³/mol. The highest BCUT2D eigenvalue weighted by Gasteiger charge is 2.11. The number of carbonyl (C=O) groups excluding carboxylic acids is 1. The van der Waals surface area contributed by atoms with Gasteiger partial charge in [0.05, 0.1) is 29.5 Å². The molecule has 7 nitrogen and oxygen atoms in total.